The number of carboxylic acids is 1. The van der Waals surface area contributed by atoms with E-state index >= 15 is 0 Å². The number of quaternary nitrogens is 1. The van der Waals surface area contributed by atoms with Crippen LogP contribution < -0.4 is 0 Å². The normalized spacial score (nSPS) is 14.2. The van der Waals surface area contributed by atoms with Gasteiger partial charge in [-0.05, 0) is 64.2 Å². The van der Waals surface area contributed by atoms with Crippen molar-refractivity contribution >= 4 is 17.9 Å². The van der Waals surface area contributed by atoms with Crippen LogP contribution in [-0.2, 0) is 28.6 Å². The van der Waals surface area contributed by atoms with Crippen molar-refractivity contribution in [1.82, 2.24) is 0 Å². The standard InChI is InChI=1S/C46H71NO7/c1-6-8-10-12-14-16-18-20-21-22-23-25-26-28-30-32-34-36-44(48)53-41-42(40-52-39-38-43(46(50)51)47(3,4)5)54-45(49)37-35-33-31-29-27-24-19-17-15-13-11-9-7-2/h9,11,13-17,19-21,23-25,27-31,42-43H,6-8,10,12,18,22,26,32-41H2,1-5H3/p+1/b11-9+,15-13+,16-14+,19-17+,21-20+,25-23+,27-24+,30-28+,31-29+. The van der Waals surface area contributed by atoms with E-state index in [-0.39, 0.29) is 43.1 Å². The smallest absolute Gasteiger partial charge is 0.362 e. The molecule has 0 heterocycles. The Bertz CT molecular complexity index is 1240. The largest absolute Gasteiger partial charge is 0.477 e. The van der Waals surface area contributed by atoms with Gasteiger partial charge in [-0.3, -0.25) is 9.59 Å². The molecule has 0 bridgehead atoms. The van der Waals surface area contributed by atoms with Gasteiger partial charge in [-0.25, -0.2) is 4.79 Å². The van der Waals surface area contributed by atoms with Crippen molar-refractivity contribution in [2.24, 2.45) is 0 Å². The second-order valence-corrected chi connectivity index (χ2v) is 13.9. The molecule has 0 fully saturated rings. The summed E-state index contributed by atoms with van der Waals surface area (Å²) in [5.74, 6) is -1.66. The number of carbonyl (C=O) groups excluding carboxylic acids is 2. The topological polar surface area (TPSA) is 99.1 Å². The van der Waals surface area contributed by atoms with E-state index in [1.807, 2.05) is 75.8 Å². The third-order valence-electron chi connectivity index (χ3n) is 8.03. The first-order chi connectivity index (χ1) is 26.1. The molecule has 54 heavy (non-hydrogen) atoms. The van der Waals surface area contributed by atoms with E-state index < -0.39 is 24.1 Å². The predicted molar refractivity (Wildman–Crippen MR) is 224 cm³/mol. The van der Waals surface area contributed by atoms with Crippen molar-refractivity contribution in [2.75, 3.05) is 41.0 Å². The van der Waals surface area contributed by atoms with Gasteiger partial charge in [0.15, 0.2) is 12.1 Å². The molecule has 0 rings (SSSR count). The Balaban J connectivity index is 4.63. The Morgan fingerprint density at radius 1 is 0.593 bits per heavy atom. The number of nitrogens with zero attached hydrogens (tertiary/aromatic N) is 1. The summed E-state index contributed by atoms with van der Waals surface area (Å²) in [4.78, 5) is 36.8. The zero-order valence-corrected chi connectivity index (χ0v) is 34.1. The van der Waals surface area contributed by atoms with Gasteiger partial charge in [-0.2, -0.15) is 0 Å². The second-order valence-electron chi connectivity index (χ2n) is 13.9. The fourth-order valence-corrected chi connectivity index (χ4v) is 4.93. The lowest BCUT2D eigenvalue weighted by Crippen LogP contribution is -2.50. The average molecular weight is 751 g/mol. The number of esters is 2. The number of likely N-dealkylation sites (N-methyl/N-ethyl adjacent to an activating group) is 1. The number of allylic oxidation sites excluding steroid dienone is 18. The van der Waals surface area contributed by atoms with E-state index in [0.29, 0.717) is 25.7 Å². The van der Waals surface area contributed by atoms with Crippen LogP contribution in [0.3, 0.4) is 0 Å². The van der Waals surface area contributed by atoms with E-state index in [9.17, 15) is 19.5 Å². The summed E-state index contributed by atoms with van der Waals surface area (Å²) in [5.41, 5.74) is 0. The summed E-state index contributed by atoms with van der Waals surface area (Å²) in [6, 6.07) is -0.641. The molecule has 0 spiro atoms. The lowest BCUT2D eigenvalue weighted by molar-refractivity contribution is -0.887. The van der Waals surface area contributed by atoms with Crippen molar-refractivity contribution in [3.05, 3.63) is 109 Å². The minimum Gasteiger partial charge on any atom is -0.477 e. The SMILES string of the molecule is CC/C=C/C=C/C=C/C=C/C=C/CCCC(=O)OC(COCCC(C(=O)O)[N+](C)(C)C)COC(=O)CCC/C=C/C/C=C/C/C=C/C/C=C/CCCCC. The molecule has 0 aromatic carbocycles. The highest BCUT2D eigenvalue weighted by atomic mass is 16.6. The molecule has 0 aromatic heterocycles. The molecule has 302 valence electrons. The third-order valence-corrected chi connectivity index (χ3v) is 8.03. The molecule has 0 saturated carbocycles. The molecule has 0 radical (unpaired) electrons. The van der Waals surface area contributed by atoms with Crippen molar-refractivity contribution in [3.63, 3.8) is 0 Å². The van der Waals surface area contributed by atoms with Gasteiger partial charge in [-0.15, -0.1) is 0 Å². The molecular weight excluding hydrogens is 679 g/mol. The zero-order chi connectivity index (χ0) is 40.0. The highest BCUT2D eigenvalue weighted by Crippen LogP contribution is 2.10. The van der Waals surface area contributed by atoms with Gasteiger partial charge in [0.1, 0.15) is 6.61 Å². The average Bonchev–Trinajstić information content (AvgIpc) is 3.12. The Kier molecular flexibility index (Phi) is 33.3. The summed E-state index contributed by atoms with van der Waals surface area (Å²) >= 11 is 0. The van der Waals surface area contributed by atoms with Crippen LogP contribution in [0.25, 0.3) is 0 Å². The van der Waals surface area contributed by atoms with Gasteiger partial charge < -0.3 is 23.8 Å². The summed E-state index contributed by atoms with van der Waals surface area (Å²) in [5, 5.41) is 9.59. The number of carboxylic acid groups (broad SMARTS) is 1. The maximum Gasteiger partial charge on any atom is 0.362 e. The number of hydrogen-bond donors (Lipinski definition) is 1. The Hall–Kier alpha value is -4.01. The molecular formula is C46H72NO7+. The van der Waals surface area contributed by atoms with E-state index in [1.165, 1.54) is 25.7 Å². The van der Waals surface area contributed by atoms with E-state index in [0.717, 1.165) is 32.1 Å². The molecule has 2 unspecified atom stereocenters. The molecule has 0 aliphatic heterocycles. The van der Waals surface area contributed by atoms with Crippen LogP contribution in [0.2, 0.25) is 0 Å². The van der Waals surface area contributed by atoms with Gasteiger partial charge in [0.25, 0.3) is 0 Å². The van der Waals surface area contributed by atoms with Crippen molar-refractivity contribution < 1.29 is 38.2 Å². The van der Waals surface area contributed by atoms with Gasteiger partial charge in [0, 0.05) is 19.3 Å². The number of ether oxygens (including phenoxy) is 3. The fraction of sp³-hybridized carbons (Fsp3) is 0.543. The van der Waals surface area contributed by atoms with Crippen molar-refractivity contribution in [3.8, 4) is 0 Å². The minimum absolute atomic E-state index is 0.00696. The molecule has 0 saturated heterocycles. The Labute approximate surface area is 328 Å². The Morgan fingerprint density at radius 3 is 1.63 bits per heavy atom. The molecule has 8 heteroatoms. The minimum atomic E-state index is -0.900. The number of unbranched alkanes of at least 4 members (excludes halogenated alkanes) is 5. The van der Waals surface area contributed by atoms with Crippen LogP contribution in [0.15, 0.2) is 109 Å². The fourth-order valence-electron chi connectivity index (χ4n) is 4.93. The lowest BCUT2D eigenvalue weighted by Gasteiger charge is -2.31. The van der Waals surface area contributed by atoms with Gasteiger partial charge >= 0.3 is 17.9 Å². The van der Waals surface area contributed by atoms with Gasteiger partial charge in [-0.1, -0.05) is 136 Å². The third kappa shape index (κ3) is 33.8. The number of aliphatic carboxylic acids is 1. The van der Waals surface area contributed by atoms with Crippen LogP contribution >= 0.6 is 0 Å². The first-order valence-electron chi connectivity index (χ1n) is 20.0. The Morgan fingerprint density at radius 2 is 1.09 bits per heavy atom. The summed E-state index contributed by atoms with van der Waals surface area (Å²) < 4.78 is 17.1. The molecule has 1 N–H and O–H groups in total. The van der Waals surface area contributed by atoms with Crippen LogP contribution in [0.5, 0.6) is 0 Å². The monoisotopic (exact) mass is 751 g/mol. The van der Waals surface area contributed by atoms with E-state index in [2.05, 4.69) is 68.5 Å². The molecule has 0 aliphatic carbocycles. The van der Waals surface area contributed by atoms with Crippen LogP contribution in [-0.4, -0.2) is 80.6 Å². The number of hydrogen-bond acceptors (Lipinski definition) is 6. The van der Waals surface area contributed by atoms with Gasteiger partial charge in [0.2, 0.25) is 0 Å². The summed E-state index contributed by atoms with van der Waals surface area (Å²) in [6.07, 6.45) is 48.7. The zero-order valence-electron chi connectivity index (χ0n) is 34.1. The van der Waals surface area contributed by atoms with E-state index in [1.54, 1.807) is 0 Å². The number of rotatable bonds is 33. The summed E-state index contributed by atoms with van der Waals surface area (Å²) in [7, 11) is 5.46. The second kappa shape index (κ2) is 36.0. The number of carbonyl (C=O) groups is 3. The van der Waals surface area contributed by atoms with Gasteiger partial charge in [0.05, 0.1) is 34.4 Å². The highest BCUT2D eigenvalue weighted by Gasteiger charge is 2.31. The highest BCUT2D eigenvalue weighted by molar-refractivity contribution is 5.72. The van der Waals surface area contributed by atoms with Crippen LogP contribution in [0, 0.1) is 0 Å². The first-order valence-corrected chi connectivity index (χ1v) is 20.0. The van der Waals surface area contributed by atoms with Crippen molar-refractivity contribution in [2.45, 2.75) is 122 Å². The van der Waals surface area contributed by atoms with E-state index in [4.69, 9.17) is 14.2 Å². The molecule has 0 aliphatic rings. The van der Waals surface area contributed by atoms with Crippen molar-refractivity contribution in [1.29, 1.82) is 0 Å². The first kappa shape index (κ1) is 50.0. The quantitative estimate of drug-likeness (QED) is 0.0234. The van der Waals surface area contributed by atoms with Crippen LogP contribution in [0.1, 0.15) is 110 Å². The van der Waals surface area contributed by atoms with Crippen LogP contribution in [0.4, 0.5) is 0 Å². The molecule has 2 atom stereocenters. The molecule has 0 aromatic rings. The maximum absolute atomic E-state index is 12.6. The maximum atomic E-state index is 12.6. The lowest BCUT2D eigenvalue weighted by atomic mass is 10.1. The molecule has 8 nitrogen and oxygen atoms in total. The molecule has 0 amide bonds. The summed E-state index contributed by atoms with van der Waals surface area (Å²) in [6.45, 7) is 4.38. The predicted octanol–water partition coefficient (Wildman–Crippen LogP) is 10.5.